The van der Waals surface area contributed by atoms with Crippen molar-refractivity contribution < 1.29 is 14.5 Å². The summed E-state index contributed by atoms with van der Waals surface area (Å²) >= 11 is 0. The van der Waals surface area contributed by atoms with Gasteiger partial charge in [0.05, 0.1) is 10.6 Å². The number of hydrogen-bond donors (Lipinski definition) is 2. The summed E-state index contributed by atoms with van der Waals surface area (Å²) in [5.74, 6) is -0.517. The summed E-state index contributed by atoms with van der Waals surface area (Å²) in [6, 6.07) is 15.4. The second-order valence-electron chi connectivity index (χ2n) is 9.24. The van der Waals surface area contributed by atoms with Crippen LogP contribution in [0.3, 0.4) is 0 Å². The summed E-state index contributed by atoms with van der Waals surface area (Å²) in [7, 11) is 0. The molecule has 0 saturated heterocycles. The summed E-state index contributed by atoms with van der Waals surface area (Å²) in [6.45, 7) is 6.28. The van der Waals surface area contributed by atoms with Gasteiger partial charge < -0.3 is 5.32 Å². The third kappa shape index (κ3) is 3.01. The molecule has 2 aliphatic carbocycles. The van der Waals surface area contributed by atoms with Crippen LogP contribution in [0.4, 0.5) is 11.4 Å². The Balaban J connectivity index is 1.60. The zero-order valence-electron chi connectivity index (χ0n) is 18.3. The lowest BCUT2D eigenvalue weighted by molar-refractivity contribution is -0.384. The molecule has 2 fully saturated rings. The van der Waals surface area contributed by atoms with Crippen molar-refractivity contribution in [1.82, 2.24) is 5.32 Å². The fourth-order valence-electron chi connectivity index (χ4n) is 5.18. The van der Waals surface area contributed by atoms with Gasteiger partial charge in [-0.2, -0.15) is 5.10 Å². The topological polar surface area (TPSA) is 114 Å². The van der Waals surface area contributed by atoms with Crippen LogP contribution >= 0.6 is 0 Å². The van der Waals surface area contributed by atoms with Gasteiger partial charge in [-0.25, -0.2) is 0 Å². The molecule has 8 heteroatoms. The minimum absolute atomic E-state index is 0.0265. The number of non-ortho nitro benzene ring substituents is 1. The molecule has 8 nitrogen and oxygen atoms in total. The van der Waals surface area contributed by atoms with Gasteiger partial charge >= 0.3 is 0 Å². The second kappa shape index (κ2) is 7.55. The van der Waals surface area contributed by atoms with Crippen LogP contribution in [0, 0.1) is 26.4 Å². The van der Waals surface area contributed by atoms with Crippen molar-refractivity contribution in [2.75, 3.05) is 5.43 Å². The standard InChI is InChI=1S/C24H26N4O4/c1-22(2)23(3)13-14-24(22,21(30)25-15-16-7-5-4-6-8-16)20(29)19(23)27-26-17-9-11-18(12-10-17)28(31)32/h4-12,26H,13-15H2,1-3H3,(H,25,30). The molecule has 2 aliphatic rings. The van der Waals surface area contributed by atoms with Crippen LogP contribution in [-0.2, 0) is 16.1 Å². The molecule has 1 amide bonds. The number of nitrogens with zero attached hydrogens (tertiary/aromatic N) is 2. The first-order valence-corrected chi connectivity index (χ1v) is 10.6. The van der Waals surface area contributed by atoms with Crippen LogP contribution in [0.15, 0.2) is 59.7 Å². The van der Waals surface area contributed by atoms with Crippen LogP contribution in [-0.4, -0.2) is 22.3 Å². The Hall–Kier alpha value is -3.55. The largest absolute Gasteiger partial charge is 0.351 e. The Morgan fingerprint density at radius 1 is 1.06 bits per heavy atom. The predicted octanol–water partition coefficient (Wildman–Crippen LogP) is 4.07. The number of nitro benzene ring substituents is 1. The van der Waals surface area contributed by atoms with Gasteiger partial charge in [0.1, 0.15) is 11.1 Å². The van der Waals surface area contributed by atoms with Crippen molar-refractivity contribution in [2.24, 2.45) is 21.3 Å². The molecule has 166 valence electrons. The molecule has 4 rings (SSSR count). The number of rotatable bonds is 6. The molecule has 32 heavy (non-hydrogen) atoms. The van der Waals surface area contributed by atoms with E-state index in [0.717, 1.165) is 5.56 Å². The molecule has 2 atom stereocenters. The fraction of sp³-hybridized carbons (Fsp3) is 0.375. The molecule has 0 radical (unpaired) electrons. The van der Waals surface area contributed by atoms with E-state index in [1.807, 2.05) is 51.1 Å². The lowest BCUT2D eigenvalue weighted by Crippen LogP contribution is -2.50. The highest BCUT2D eigenvalue weighted by molar-refractivity contribution is 6.50. The Morgan fingerprint density at radius 2 is 1.72 bits per heavy atom. The normalized spacial score (nSPS) is 26.8. The van der Waals surface area contributed by atoms with E-state index in [-0.39, 0.29) is 17.4 Å². The number of anilines is 1. The molecule has 2 aromatic carbocycles. The summed E-state index contributed by atoms with van der Waals surface area (Å²) in [5, 5.41) is 18.2. The average Bonchev–Trinajstić information content (AvgIpc) is 3.06. The van der Waals surface area contributed by atoms with Crippen LogP contribution in [0.25, 0.3) is 0 Å². The minimum Gasteiger partial charge on any atom is -0.351 e. The number of nitrogens with one attached hydrogen (secondary N) is 2. The number of carbonyl (C=O) groups is 2. The molecule has 0 aromatic heterocycles. The molecule has 2 aromatic rings. The second-order valence-corrected chi connectivity index (χ2v) is 9.24. The lowest BCUT2D eigenvalue weighted by atomic mass is 9.64. The van der Waals surface area contributed by atoms with E-state index < -0.39 is 21.2 Å². The quantitative estimate of drug-likeness (QED) is 0.404. The maximum absolute atomic E-state index is 13.6. The van der Waals surface area contributed by atoms with E-state index in [9.17, 15) is 19.7 Å². The highest BCUT2D eigenvalue weighted by Crippen LogP contribution is 2.69. The number of hydrogen-bond acceptors (Lipinski definition) is 6. The van der Waals surface area contributed by atoms with Crippen molar-refractivity contribution in [1.29, 1.82) is 0 Å². The predicted molar refractivity (Wildman–Crippen MR) is 121 cm³/mol. The number of carbonyl (C=O) groups excluding carboxylic acids is 2. The zero-order valence-corrected chi connectivity index (χ0v) is 18.3. The number of fused-ring (bicyclic) bond motifs is 2. The summed E-state index contributed by atoms with van der Waals surface area (Å²) in [5.41, 5.74) is 2.32. The van der Waals surface area contributed by atoms with Gasteiger partial charge in [0.25, 0.3) is 5.69 Å². The van der Waals surface area contributed by atoms with Crippen molar-refractivity contribution in [3.8, 4) is 0 Å². The van der Waals surface area contributed by atoms with Crippen LogP contribution < -0.4 is 10.7 Å². The van der Waals surface area contributed by atoms with Gasteiger partial charge in [-0.15, -0.1) is 0 Å². The van der Waals surface area contributed by atoms with Gasteiger partial charge in [-0.05, 0) is 36.0 Å². The first-order chi connectivity index (χ1) is 15.1. The van der Waals surface area contributed by atoms with Gasteiger partial charge in [-0.3, -0.25) is 25.1 Å². The Bertz CT molecular complexity index is 1110. The van der Waals surface area contributed by atoms with E-state index in [0.29, 0.717) is 30.8 Å². The van der Waals surface area contributed by atoms with Crippen LogP contribution in [0.5, 0.6) is 0 Å². The number of ketones is 1. The molecule has 0 spiro atoms. The SMILES string of the molecule is CC12CCC(C(=O)NCc3ccccc3)(C(=O)C1=NNc1ccc([N+](=O)[O-])cc1)C2(C)C. The molecule has 2 N–H and O–H groups in total. The molecule has 2 bridgehead atoms. The third-order valence-corrected chi connectivity index (χ3v) is 7.63. The molecular formula is C24H26N4O4. The molecule has 2 saturated carbocycles. The van der Waals surface area contributed by atoms with E-state index in [2.05, 4.69) is 15.8 Å². The number of nitro groups is 1. The minimum atomic E-state index is -1.17. The van der Waals surface area contributed by atoms with Crippen molar-refractivity contribution in [3.05, 3.63) is 70.3 Å². The Kier molecular flexibility index (Phi) is 5.11. The number of hydrazone groups is 1. The highest BCUT2D eigenvalue weighted by atomic mass is 16.6. The maximum atomic E-state index is 13.6. The van der Waals surface area contributed by atoms with Crippen molar-refractivity contribution in [2.45, 2.75) is 40.2 Å². The van der Waals surface area contributed by atoms with E-state index in [4.69, 9.17) is 0 Å². The zero-order chi connectivity index (χ0) is 23.1. The number of Topliss-reactive ketones (excluding diaryl/α,β-unsaturated/α-hetero) is 1. The van der Waals surface area contributed by atoms with E-state index >= 15 is 0 Å². The first-order valence-electron chi connectivity index (χ1n) is 10.6. The van der Waals surface area contributed by atoms with Gasteiger partial charge in [0, 0.05) is 24.1 Å². The summed E-state index contributed by atoms with van der Waals surface area (Å²) < 4.78 is 0. The van der Waals surface area contributed by atoms with Crippen LogP contribution in [0.2, 0.25) is 0 Å². The molecule has 2 unspecified atom stereocenters. The molecular weight excluding hydrogens is 408 g/mol. The van der Waals surface area contributed by atoms with Crippen molar-refractivity contribution in [3.63, 3.8) is 0 Å². The van der Waals surface area contributed by atoms with Gasteiger partial charge in [0.2, 0.25) is 5.91 Å². The molecule has 0 heterocycles. The highest BCUT2D eigenvalue weighted by Gasteiger charge is 2.76. The fourth-order valence-corrected chi connectivity index (χ4v) is 5.18. The average molecular weight is 434 g/mol. The number of benzene rings is 2. The molecule has 0 aliphatic heterocycles. The van der Waals surface area contributed by atoms with Gasteiger partial charge in [-0.1, -0.05) is 51.1 Å². The number of amides is 1. The Labute approximate surface area is 186 Å². The van der Waals surface area contributed by atoms with Gasteiger partial charge in [0.15, 0.2) is 5.78 Å². The summed E-state index contributed by atoms with van der Waals surface area (Å²) in [4.78, 5) is 37.4. The Morgan fingerprint density at radius 3 is 2.34 bits per heavy atom. The first kappa shape index (κ1) is 21.7. The van der Waals surface area contributed by atoms with E-state index in [1.54, 1.807) is 0 Å². The summed E-state index contributed by atoms with van der Waals surface area (Å²) in [6.07, 6.45) is 1.15. The maximum Gasteiger partial charge on any atom is 0.269 e. The van der Waals surface area contributed by atoms with Crippen molar-refractivity contribution >= 4 is 28.8 Å². The van der Waals surface area contributed by atoms with Crippen LogP contribution in [0.1, 0.15) is 39.2 Å². The lowest BCUT2D eigenvalue weighted by Gasteiger charge is -2.37. The van der Waals surface area contributed by atoms with E-state index in [1.165, 1.54) is 24.3 Å². The monoisotopic (exact) mass is 434 g/mol. The smallest absolute Gasteiger partial charge is 0.269 e. The third-order valence-electron chi connectivity index (χ3n) is 7.63.